The van der Waals surface area contributed by atoms with Crippen LogP contribution in [0.4, 0.5) is 0 Å². The molecule has 1 heterocycles. The number of hydrogen-bond donors (Lipinski definition) is 0. The predicted octanol–water partition coefficient (Wildman–Crippen LogP) is 2.75. The average molecular weight is 237 g/mol. The van der Waals surface area contributed by atoms with E-state index in [1.54, 1.807) is 6.20 Å². The van der Waals surface area contributed by atoms with Crippen molar-refractivity contribution in [1.82, 2.24) is 4.98 Å². The van der Waals surface area contributed by atoms with E-state index in [1.165, 1.54) is 0 Å². The van der Waals surface area contributed by atoms with Crippen molar-refractivity contribution in [2.75, 3.05) is 5.33 Å². The Morgan fingerprint density at radius 3 is 3.15 bits per heavy atom. The molecule has 66 valence electrons. The highest BCUT2D eigenvalue weighted by Gasteiger charge is 1.96. The van der Waals surface area contributed by atoms with Gasteiger partial charge in [0.05, 0.1) is 0 Å². The number of pyridine rings is 1. The van der Waals surface area contributed by atoms with E-state index >= 15 is 0 Å². The summed E-state index contributed by atoms with van der Waals surface area (Å²) >= 11 is 3.33. The molecule has 0 amide bonds. The molecule has 0 saturated carbocycles. The first-order valence-corrected chi connectivity index (χ1v) is 5.08. The zero-order chi connectivity index (χ0) is 9.52. The third kappa shape index (κ3) is 3.00. The van der Waals surface area contributed by atoms with Gasteiger partial charge in [-0.05, 0) is 12.5 Å². The van der Waals surface area contributed by atoms with Crippen LogP contribution in [-0.2, 0) is 0 Å². The maximum Gasteiger partial charge on any atom is 0.147 e. The first-order valence-electron chi connectivity index (χ1n) is 3.96. The molecule has 1 aromatic heterocycles. The highest BCUT2D eigenvalue weighted by molar-refractivity contribution is 9.09. The van der Waals surface area contributed by atoms with Crippen LogP contribution in [0.5, 0.6) is 0 Å². The Morgan fingerprint density at radius 1 is 1.62 bits per heavy atom. The number of hydrogen-bond acceptors (Lipinski definition) is 2. The van der Waals surface area contributed by atoms with Gasteiger partial charge in [0.25, 0.3) is 0 Å². The molecule has 2 nitrogen and oxygen atoms in total. The summed E-state index contributed by atoms with van der Waals surface area (Å²) in [6.07, 6.45) is 6.53. The zero-order valence-corrected chi connectivity index (χ0v) is 8.66. The lowest BCUT2D eigenvalue weighted by molar-refractivity contribution is 1.24. The fourth-order valence-electron chi connectivity index (χ4n) is 0.919. The molecule has 1 aromatic rings. The Labute approximate surface area is 86.0 Å². The van der Waals surface area contributed by atoms with Gasteiger partial charge in [-0.1, -0.05) is 34.1 Å². The SMILES string of the molecule is N#Cc1ncccc1C=CCCBr. The molecule has 0 radical (unpaired) electrons. The van der Waals surface area contributed by atoms with Crippen molar-refractivity contribution in [1.29, 1.82) is 5.26 Å². The van der Waals surface area contributed by atoms with Gasteiger partial charge in [-0.2, -0.15) is 5.26 Å². The van der Waals surface area contributed by atoms with Crippen molar-refractivity contribution in [3.05, 3.63) is 35.7 Å². The van der Waals surface area contributed by atoms with Gasteiger partial charge in [-0.25, -0.2) is 4.98 Å². The van der Waals surface area contributed by atoms with E-state index in [-0.39, 0.29) is 0 Å². The Kier molecular flexibility index (Phi) is 4.20. The molecule has 0 atom stereocenters. The van der Waals surface area contributed by atoms with E-state index in [9.17, 15) is 0 Å². The van der Waals surface area contributed by atoms with Gasteiger partial charge >= 0.3 is 0 Å². The summed E-state index contributed by atoms with van der Waals surface area (Å²) in [5.41, 5.74) is 1.36. The number of nitriles is 1. The molecule has 0 saturated heterocycles. The lowest BCUT2D eigenvalue weighted by Crippen LogP contribution is -1.85. The number of alkyl halides is 1. The number of halogens is 1. The molecule has 3 heteroatoms. The summed E-state index contributed by atoms with van der Waals surface area (Å²) in [6, 6.07) is 5.76. The van der Waals surface area contributed by atoms with E-state index in [1.807, 2.05) is 30.4 Å². The Hall–Kier alpha value is -1.14. The van der Waals surface area contributed by atoms with Gasteiger partial charge in [0, 0.05) is 17.1 Å². The Balaban J connectivity index is 2.82. The van der Waals surface area contributed by atoms with E-state index < -0.39 is 0 Å². The van der Waals surface area contributed by atoms with Gasteiger partial charge in [0.1, 0.15) is 11.8 Å². The van der Waals surface area contributed by atoms with Crippen molar-refractivity contribution < 1.29 is 0 Å². The van der Waals surface area contributed by atoms with Crippen LogP contribution in [0.3, 0.4) is 0 Å². The largest absolute Gasteiger partial charge is 0.245 e. The summed E-state index contributed by atoms with van der Waals surface area (Å²) in [4.78, 5) is 3.95. The molecule has 0 aliphatic carbocycles. The van der Waals surface area contributed by atoms with E-state index in [2.05, 4.69) is 20.9 Å². The van der Waals surface area contributed by atoms with Crippen LogP contribution in [0.25, 0.3) is 6.08 Å². The van der Waals surface area contributed by atoms with Crippen LogP contribution in [0.1, 0.15) is 17.7 Å². The fourth-order valence-corrected chi connectivity index (χ4v) is 1.18. The molecular formula is C10H9BrN2. The highest BCUT2D eigenvalue weighted by atomic mass is 79.9. The van der Waals surface area contributed by atoms with Crippen LogP contribution >= 0.6 is 15.9 Å². The quantitative estimate of drug-likeness (QED) is 0.758. The molecule has 0 aliphatic rings. The molecule has 0 fully saturated rings. The van der Waals surface area contributed by atoms with Crippen molar-refractivity contribution in [2.24, 2.45) is 0 Å². The molecule has 0 unspecified atom stereocenters. The number of nitrogens with zero attached hydrogens (tertiary/aromatic N) is 2. The van der Waals surface area contributed by atoms with E-state index in [0.29, 0.717) is 5.69 Å². The molecule has 0 aliphatic heterocycles. The van der Waals surface area contributed by atoms with E-state index in [4.69, 9.17) is 5.26 Å². The highest BCUT2D eigenvalue weighted by Crippen LogP contribution is 2.06. The monoisotopic (exact) mass is 236 g/mol. The minimum absolute atomic E-state index is 0.480. The summed E-state index contributed by atoms with van der Waals surface area (Å²) in [5, 5.41) is 9.66. The maximum absolute atomic E-state index is 8.72. The second kappa shape index (κ2) is 5.50. The standard InChI is InChI=1S/C10H9BrN2/c11-6-2-1-4-9-5-3-7-13-10(9)8-12/h1,3-5,7H,2,6H2. The normalized spacial score (nSPS) is 10.2. The first kappa shape index (κ1) is 9.94. The van der Waals surface area contributed by atoms with Crippen molar-refractivity contribution in [2.45, 2.75) is 6.42 Å². The van der Waals surface area contributed by atoms with Crippen molar-refractivity contribution in [3.8, 4) is 6.07 Å². The summed E-state index contributed by atoms with van der Waals surface area (Å²) in [6.45, 7) is 0. The molecule has 0 aromatic carbocycles. The minimum Gasteiger partial charge on any atom is -0.245 e. The fraction of sp³-hybridized carbons (Fsp3) is 0.200. The lowest BCUT2D eigenvalue weighted by Gasteiger charge is -1.94. The first-order chi connectivity index (χ1) is 6.38. The Morgan fingerprint density at radius 2 is 2.46 bits per heavy atom. The van der Waals surface area contributed by atoms with E-state index in [0.717, 1.165) is 17.3 Å². The average Bonchev–Trinajstić information content (AvgIpc) is 2.19. The maximum atomic E-state index is 8.72. The third-order valence-electron chi connectivity index (χ3n) is 1.52. The Bertz CT molecular complexity index is 339. The third-order valence-corrected chi connectivity index (χ3v) is 1.98. The molecule has 0 N–H and O–H groups in total. The number of aromatic nitrogens is 1. The van der Waals surface area contributed by atoms with Crippen LogP contribution in [0.15, 0.2) is 24.4 Å². The second-order valence-corrected chi connectivity index (χ2v) is 3.23. The predicted molar refractivity (Wildman–Crippen MR) is 56.4 cm³/mol. The smallest absolute Gasteiger partial charge is 0.147 e. The van der Waals surface area contributed by atoms with Crippen LogP contribution in [0, 0.1) is 11.3 Å². The van der Waals surface area contributed by atoms with Crippen LogP contribution < -0.4 is 0 Å². The van der Waals surface area contributed by atoms with Gasteiger partial charge < -0.3 is 0 Å². The number of allylic oxidation sites excluding steroid dienone is 1. The second-order valence-electron chi connectivity index (χ2n) is 2.43. The summed E-state index contributed by atoms with van der Waals surface area (Å²) in [5.74, 6) is 0. The number of rotatable bonds is 3. The van der Waals surface area contributed by atoms with Crippen molar-refractivity contribution in [3.63, 3.8) is 0 Å². The van der Waals surface area contributed by atoms with Gasteiger partial charge in [-0.15, -0.1) is 0 Å². The van der Waals surface area contributed by atoms with Crippen LogP contribution in [-0.4, -0.2) is 10.3 Å². The molecule has 0 spiro atoms. The van der Waals surface area contributed by atoms with Gasteiger partial charge in [-0.3, -0.25) is 0 Å². The lowest BCUT2D eigenvalue weighted by atomic mass is 10.2. The van der Waals surface area contributed by atoms with Gasteiger partial charge in [0.15, 0.2) is 0 Å². The molecular weight excluding hydrogens is 228 g/mol. The topological polar surface area (TPSA) is 36.7 Å². The van der Waals surface area contributed by atoms with Crippen LogP contribution in [0.2, 0.25) is 0 Å². The summed E-state index contributed by atoms with van der Waals surface area (Å²) in [7, 11) is 0. The zero-order valence-electron chi connectivity index (χ0n) is 7.07. The van der Waals surface area contributed by atoms with Crippen molar-refractivity contribution >= 4 is 22.0 Å². The molecule has 13 heavy (non-hydrogen) atoms. The summed E-state index contributed by atoms with van der Waals surface area (Å²) < 4.78 is 0. The van der Waals surface area contributed by atoms with Gasteiger partial charge in [0.2, 0.25) is 0 Å². The molecule has 1 rings (SSSR count). The minimum atomic E-state index is 0.480. The molecule has 0 bridgehead atoms.